The molecule has 0 fully saturated rings. The molecule has 0 radical (unpaired) electrons. The van der Waals surface area contributed by atoms with Gasteiger partial charge in [0.05, 0.1) is 24.5 Å². The topological polar surface area (TPSA) is 89.9 Å². The minimum atomic E-state index is -0.867. The summed E-state index contributed by atoms with van der Waals surface area (Å²) in [7, 11) is 0. The predicted molar refractivity (Wildman–Crippen MR) is 75.0 cm³/mol. The predicted octanol–water partition coefficient (Wildman–Crippen LogP) is 1.56. The van der Waals surface area contributed by atoms with Gasteiger partial charge in [-0.3, -0.25) is 14.4 Å². The van der Waals surface area contributed by atoms with Gasteiger partial charge in [0.1, 0.15) is 17.3 Å². The van der Waals surface area contributed by atoms with Crippen molar-refractivity contribution < 1.29 is 29.0 Å². The normalized spacial score (nSPS) is 25.0. The first-order valence-electron chi connectivity index (χ1n) is 7.22. The zero-order chi connectivity index (χ0) is 15.9. The first-order chi connectivity index (χ1) is 10.4. The highest BCUT2D eigenvalue weighted by atomic mass is 16.5. The molecule has 2 bridgehead atoms. The third-order valence-electron chi connectivity index (χ3n) is 3.89. The molecule has 0 unspecified atom stereocenters. The lowest BCUT2D eigenvalue weighted by Gasteiger charge is -2.15. The molecule has 0 aromatic heterocycles. The van der Waals surface area contributed by atoms with E-state index < -0.39 is 12.1 Å². The molecule has 1 aromatic rings. The van der Waals surface area contributed by atoms with Crippen LogP contribution in [-0.2, 0) is 20.7 Å². The van der Waals surface area contributed by atoms with E-state index >= 15 is 0 Å². The lowest BCUT2D eigenvalue weighted by Crippen LogP contribution is -2.26. The van der Waals surface area contributed by atoms with Gasteiger partial charge in [-0.15, -0.1) is 0 Å². The largest absolute Gasteiger partial charge is 0.508 e. The van der Waals surface area contributed by atoms with E-state index in [-0.39, 0.29) is 54.0 Å². The molecule has 1 aromatic carbocycles. The van der Waals surface area contributed by atoms with Crippen LogP contribution in [0.1, 0.15) is 42.1 Å². The molecule has 2 aliphatic heterocycles. The van der Waals surface area contributed by atoms with Crippen LogP contribution in [0.15, 0.2) is 12.1 Å². The molecule has 2 aliphatic rings. The number of aromatic hydroxyl groups is 1. The summed E-state index contributed by atoms with van der Waals surface area (Å²) < 4.78 is 10.7. The van der Waals surface area contributed by atoms with Gasteiger partial charge in [-0.1, -0.05) is 0 Å². The van der Waals surface area contributed by atoms with Crippen molar-refractivity contribution in [3.05, 3.63) is 23.3 Å². The Bertz CT molecular complexity index is 663. The summed E-state index contributed by atoms with van der Waals surface area (Å²) in [5, 5.41) is 9.73. The van der Waals surface area contributed by atoms with E-state index in [1.54, 1.807) is 6.92 Å². The highest BCUT2D eigenvalue weighted by Crippen LogP contribution is 2.37. The van der Waals surface area contributed by atoms with Gasteiger partial charge < -0.3 is 14.6 Å². The second-order valence-electron chi connectivity index (χ2n) is 5.71. The molecule has 6 nitrogen and oxygen atoms in total. The number of Topliss-reactive ketones (excluding diaryl/α,β-unsaturated/α-hetero) is 2. The van der Waals surface area contributed by atoms with Crippen molar-refractivity contribution in [2.24, 2.45) is 0 Å². The number of ether oxygens (including phenoxy) is 2. The van der Waals surface area contributed by atoms with Crippen molar-refractivity contribution in [3.63, 3.8) is 0 Å². The molecule has 2 atom stereocenters. The number of rotatable bonds is 0. The van der Waals surface area contributed by atoms with Gasteiger partial charge in [-0.05, 0) is 25.0 Å². The number of phenolic OH excluding ortho intramolecular Hbond substituents is 1. The van der Waals surface area contributed by atoms with E-state index in [9.17, 15) is 19.5 Å². The average Bonchev–Trinajstić information content (AvgIpc) is 2.72. The van der Waals surface area contributed by atoms with E-state index in [4.69, 9.17) is 9.47 Å². The lowest BCUT2D eigenvalue weighted by atomic mass is 9.96. The van der Waals surface area contributed by atoms with Crippen LogP contribution in [0.5, 0.6) is 11.5 Å². The maximum Gasteiger partial charge on any atom is 0.310 e. The van der Waals surface area contributed by atoms with Crippen LogP contribution in [-0.4, -0.2) is 34.9 Å². The molecular weight excluding hydrogens is 288 g/mol. The molecule has 0 aliphatic carbocycles. The molecule has 1 N–H and O–H groups in total. The molecule has 2 heterocycles. The summed E-state index contributed by atoms with van der Waals surface area (Å²) >= 11 is 0. The summed E-state index contributed by atoms with van der Waals surface area (Å²) in [5.41, 5.74) is 0.633. The molecular formula is C16H16O6. The van der Waals surface area contributed by atoms with E-state index in [0.29, 0.717) is 12.0 Å². The molecule has 0 spiro atoms. The van der Waals surface area contributed by atoms with Gasteiger partial charge in [0.25, 0.3) is 0 Å². The molecule has 3 rings (SSSR count). The minimum absolute atomic E-state index is 0.00557. The number of ketones is 2. The number of phenols is 1. The van der Waals surface area contributed by atoms with Crippen molar-refractivity contribution in [1.29, 1.82) is 0 Å². The molecule has 22 heavy (non-hydrogen) atoms. The zero-order valence-electron chi connectivity index (χ0n) is 12.1. The highest BCUT2D eigenvalue weighted by Gasteiger charge is 2.37. The van der Waals surface area contributed by atoms with Crippen LogP contribution in [0.4, 0.5) is 0 Å². The van der Waals surface area contributed by atoms with Crippen LogP contribution in [0.3, 0.4) is 0 Å². The second-order valence-corrected chi connectivity index (χ2v) is 5.71. The summed E-state index contributed by atoms with van der Waals surface area (Å²) in [6.45, 7) is 1.73. The van der Waals surface area contributed by atoms with Gasteiger partial charge in [-0.25, -0.2) is 0 Å². The van der Waals surface area contributed by atoms with Crippen LogP contribution in [0.25, 0.3) is 0 Å². The Morgan fingerprint density at radius 2 is 1.95 bits per heavy atom. The first kappa shape index (κ1) is 14.6. The maximum atomic E-state index is 12.4. The van der Waals surface area contributed by atoms with Gasteiger partial charge >= 0.3 is 5.97 Å². The number of cyclic esters (lactones) is 1. The van der Waals surface area contributed by atoms with Crippen LogP contribution < -0.4 is 4.74 Å². The Hall–Kier alpha value is -2.37. The summed E-state index contributed by atoms with van der Waals surface area (Å²) in [5.74, 6) is -0.799. The monoisotopic (exact) mass is 304 g/mol. The summed E-state index contributed by atoms with van der Waals surface area (Å²) in [6, 6.07) is 2.69. The quantitative estimate of drug-likeness (QED) is 0.732. The highest BCUT2D eigenvalue weighted by molar-refractivity contribution is 6.08. The van der Waals surface area contributed by atoms with Crippen molar-refractivity contribution in [3.8, 4) is 11.5 Å². The van der Waals surface area contributed by atoms with Gasteiger partial charge in [0.2, 0.25) is 5.78 Å². The van der Waals surface area contributed by atoms with Crippen molar-refractivity contribution >= 4 is 17.5 Å². The van der Waals surface area contributed by atoms with E-state index in [0.717, 1.165) is 0 Å². The smallest absolute Gasteiger partial charge is 0.310 e. The van der Waals surface area contributed by atoms with Gasteiger partial charge in [0, 0.05) is 12.5 Å². The zero-order valence-corrected chi connectivity index (χ0v) is 12.1. The molecule has 0 amide bonds. The van der Waals surface area contributed by atoms with E-state index in [2.05, 4.69) is 0 Å². The number of hydrogen-bond donors (Lipinski definition) is 1. The molecule has 116 valence electrons. The summed E-state index contributed by atoms with van der Waals surface area (Å²) in [6.07, 6.45) is -0.705. The Morgan fingerprint density at radius 3 is 2.73 bits per heavy atom. The number of esters is 1. The molecule has 0 saturated carbocycles. The third-order valence-corrected chi connectivity index (χ3v) is 3.89. The standard InChI is InChI=1S/C16H16O6/c1-8-2-3-10(17)6-13-16(20)15-9(5-14(19)21-8)4-11(18)7-12(15)22-13/h4,7-8,13,18H,2-3,5-6H2,1H3/t8-,13+/m1/s1. The second kappa shape index (κ2) is 5.44. The Kier molecular flexibility index (Phi) is 3.60. The van der Waals surface area contributed by atoms with Crippen LogP contribution >= 0.6 is 0 Å². The summed E-state index contributed by atoms with van der Waals surface area (Å²) in [4.78, 5) is 36.3. The number of carbonyl (C=O) groups excluding carboxylic acids is 3. The Morgan fingerprint density at radius 1 is 1.18 bits per heavy atom. The minimum Gasteiger partial charge on any atom is -0.508 e. The number of hydrogen-bond acceptors (Lipinski definition) is 6. The first-order valence-corrected chi connectivity index (χ1v) is 7.22. The number of carbonyl (C=O) groups is 3. The molecule has 0 saturated heterocycles. The lowest BCUT2D eigenvalue weighted by molar-refractivity contribution is -0.148. The van der Waals surface area contributed by atoms with Crippen molar-refractivity contribution in [1.82, 2.24) is 0 Å². The van der Waals surface area contributed by atoms with Gasteiger partial charge in [-0.2, -0.15) is 0 Å². The third kappa shape index (κ3) is 2.68. The Balaban J connectivity index is 2.02. The van der Waals surface area contributed by atoms with E-state index in [1.807, 2.05) is 0 Å². The Labute approximate surface area is 127 Å². The van der Waals surface area contributed by atoms with Gasteiger partial charge in [0.15, 0.2) is 6.10 Å². The fraction of sp³-hybridized carbons (Fsp3) is 0.438. The fourth-order valence-electron chi connectivity index (χ4n) is 2.82. The van der Waals surface area contributed by atoms with Crippen LogP contribution in [0, 0.1) is 0 Å². The fourth-order valence-corrected chi connectivity index (χ4v) is 2.82. The number of benzene rings is 1. The van der Waals surface area contributed by atoms with Crippen molar-refractivity contribution in [2.75, 3.05) is 0 Å². The molecule has 6 heteroatoms. The average molecular weight is 304 g/mol. The SMILES string of the molecule is C[C@@H]1CCC(=O)C[C@@H]2Oc3cc(O)cc(c3C2=O)CC(=O)O1. The number of fused-ring (bicyclic) bond motifs is 1. The van der Waals surface area contributed by atoms with Crippen molar-refractivity contribution in [2.45, 2.75) is 44.8 Å². The van der Waals surface area contributed by atoms with E-state index in [1.165, 1.54) is 12.1 Å². The van der Waals surface area contributed by atoms with Crippen LogP contribution in [0.2, 0.25) is 0 Å². The maximum absolute atomic E-state index is 12.4.